The third kappa shape index (κ3) is 31.3. The first-order valence-electron chi connectivity index (χ1n) is 50.3. The van der Waals surface area contributed by atoms with Gasteiger partial charge in [0.2, 0.25) is 0 Å². The molecule has 139 heavy (non-hydrogen) atoms. The van der Waals surface area contributed by atoms with Crippen LogP contribution in [0.3, 0.4) is 0 Å². The van der Waals surface area contributed by atoms with Crippen LogP contribution in [0.5, 0.6) is 17.2 Å². The number of piperazine rings is 3. The van der Waals surface area contributed by atoms with Crippen molar-refractivity contribution < 1.29 is 24.1 Å². The topological polar surface area (TPSA) is 229 Å². The highest BCUT2D eigenvalue weighted by atomic mass is 19.1. The van der Waals surface area contributed by atoms with Crippen molar-refractivity contribution in [3.05, 3.63) is 388 Å². The maximum atomic E-state index is 13.4. The lowest BCUT2D eigenvalue weighted by Crippen LogP contribution is -2.51. The molecule has 19 rings (SSSR count). The van der Waals surface area contributed by atoms with E-state index in [0.717, 1.165) is 255 Å². The minimum Gasteiger partial charge on any atom is -0.508 e. The molecule has 7 N–H and O–H groups in total. The normalized spacial score (nSPS) is 15.9. The number of aromatic amines is 1. The van der Waals surface area contributed by atoms with Gasteiger partial charge < -0.3 is 36.3 Å². The summed E-state index contributed by atoms with van der Waals surface area (Å²) in [6.07, 6.45) is 28.8. The smallest absolute Gasteiger partial charge is 0.128 e. The summed E-state index contributed by atoms with van der Waals surface area (Å²) in [5, 5.41) is 40.7. The largest absolute Gasteiger partial charge is 0.508 e. The van der Waals surface area contributed by atoms with Gasteiger partial charge in [-0.3, -0.25) is 19.6 Å². The third-order valence-corrected chi connectivity index (χ3v) is 27.0. The molecule has 718 valence electrons. The number of halogens is 2. The van der Waals surface area contributed by atoms with Crippen LogP contribution >= 0.6 is 0 Å². The number of hydrogen-bond acceptors (Lipinski definition) is 18. The zero-order valence-electron chi connectivity index (χ0n) is 80.6. The Labute approximate surface area is 819 Å². The van der Waals surface area contributed by atoms with Gasteiger partial charge in [-0.05, 0) is 255 Å². The van der Waals surface area contributed by atoms with Crippen molar-refractivity contribution in [3.63, 3.8) is 0 Å². The molecule has 0 amide bonds. The molecule has 0 spiro atoms. The Balaban J connectivity index is 0.000000134. The maximum Gasteiger partial charge on any atom is 0.128 e. The second-order valence-corrected chi connectivity index (χ2v) is 37.8. The van der Waals surface area contributed by atoms with Crippen LogP contribution in [0.1, 0.15) is 151 Å². The van der Waals surface area contributed by atoms with Crippen LogP contribution in [0.15, 0.2) is 298 Å². The van der Waals surface area contributed by atoms with Gasteiger partial charge >= 0.3 is 0 Å². The maximum absolute atomic E-state index is 13.4. The molecule has 3 atom stereocenters. The average Bonchev–Trinajstić information content (AvgIpc) is 1.52. The summed E-state index contributed by atoms with van der Waals surface area (Å²) < 4.78 is 26.7. The van der Waals surface area contributed by atoms with Gasteiger partial charge in [0.1, 0.15) is 52.2 Å². The fourth-order valence-electron chi connectivity index (χ4n) is 19.6. The van der Waals surface area contributed by atoms with Gasteiger partial charge in [-0.2, -0.15) is 0 Å². The van der Waals surface area contributed by atoms with Gasteiger partial charge in [0.05, 0.1) is 22.8 Å². The number of phenols is 3. The zero-order valence-corrected chi connectivity index (χ0v) is 80.6. The van der Waals surface area contributed by atoms with E-state index in [1.165, 1.54) is 106 Å². The predicted molar refractivity (Wildman–Crippen MR) is 555 cm³/mol. The van der Waals surface area contributed by atoms with Crippen LogP contribution < -0.4 is 16.0 Å². The number of aryl methyl sites for hydroxylation is 8. The van der Waals surface area contributed by atoms with Gasteiger partial charge in [-0.1, -0.05) is 190 Å². The molecular weight excluding hydrogens is 1730 g/mol. The van der Waals surface area contributed by atoms with E-state index >= 15 is 0 Å². The first-order chi connectivity index (χ1) is 68.2. The van der Waals surface area contributed by atoms with Crippen molar-refractivity contribution >= 4 is 10.9 Å². The highest BCUT2D eigenvalue weighted by Crippen LogP contribution is 2.31. The summed E-state index contributed by atoms with van der Waals surface area (Å²) in [4.78, 5) is 50.8. The molecule has 0 radical (unpaired) electrons. The molecule has 0 unspecified atom stereocenters. The Kier molecular flexibility index (Phi) is 36.8. The first kappa shape index (κ1) is 99.1. The second kappa shape index (κ2) is 51.6. The number of rotatable bonds is 36. The van der Waals surface area contributed by atoms with E-state index in [0.29, 0.717) is 53.8 Å². The summed E-state index contributed by atoms with van der Waals surface area (Å²) in [5.74, 6) is 4.18. The molecule has 4 aliphatic rings. The fourth-order valence-corrected chi connectivity index (χ4v) is 19.6. The first-order valence-corrected chi connectivity index (χ1v) is 50.3. The second-order valence-electron chi connectivity index (χ2n) is 37.8. The lowest BCUT2D eigenvalue weighted by molar-refractivity contribution is 0.165. The minimum atomic E-state index is -0.539. The Bertz CT molecular complexity index is 6300. The summed E-state index contributed by atoms with van der Waals surface area (Å²) >= 11 is 0. The summed E-state index contributed by atoms with van der Waals surface area (Å²) in [5.41, 5.74) is 21.9. The number of nitrogens with one attached hydrogen (secondary N) is 4. The number of para-hydroxylation sites is 1. The molecule has 8 heterocycles. The van der Waals surface area contributed by atoms with Crippen LogP contribution in [0.4, 0.5) is 8.78 Å². The summed E-state index contributed by atoms with van der Waals surface area (Å²) in [7, 11) is 0. The number of nitrogens with zero attached hydrogens (tertiary/aromatic N) is 12. The zero-order chi connectivity index (χ0) is 95.5. The molecule has 21 heteroatoms. The molecule has 19 nitrogen and oxygen atoms in total. The number of fused-ring (bicyclic) bond motifs is 1. The number of benzene rings is 10. The van der Waals surface area contributed by atoms with Crippen molar-refractivity contribution in [1.29, 1.82) is 0 Å². The SMILES string of the molecule is CCN(CCC1CCCC1)Cc1cccc(-c2ccnc(CCCc3cccc(O)c3)n2)c1.C[C@@H]1CNCCN1Cc1cccc(-c2ccnc(CCCc3cc(F)cc(F)c3)n2)c1.Oc1ccc(CCCc2nccc(-c3cccc(CN4CCN[C@@H](Cc5c[nH]c6ccccc56)C4)c3)n2)cc1.Oc1ccc(CCCc2nccc(-c3cccc(CN4CCN[C@H](Cc5ccccc5)C4)c3)n2)cc1. The van der Waals surface area contributed by atoms with Crippen LogP contribution in [0.25, 0.3) is 55.9 Å². The summed E-state index contributed by atoms with van der Waals surface area (Å²) in [6.45, 7) is 20.0. The third-order valence-electron chi connectivity index (χ3n) is 27.0. The molecule has 1 saturated carbocycles. The van der Waals surface area contributed by atoms with Crippen molar-refractivity contribution in [2.75, 3.05) is 72.0 Å². The Morgan fingerprint density at radius 2 is 0.842 bits per heavy atom. The van der Waals surface area contributed by atoms with Gasteiger partial charge in [0.25, 0.3) is 0 Å². The lowest BCUT2D eigenvalue weighted by Gasteiger charge is -2.34. The molecule has 15 aromatic rings. The van der Waals surface area contributed by atoms with Gasteiger partial charge in [0.15, 0.2) is 0 Å². The van der Waals surface area contributed by atoms with E-state index in [1.807, 2.05) is 79.3 Å². The van der Waals surface area contributed by atoms with Crippen molar-refractivity contribution in [2.45, 2.75) is 180 Å². The van der Waals surface area contributed by atoms with Crippen LogP contribution in [0, 0.1) is 17.6 Å². The minimum absolute atomic E-state index is 0.305. The van der Waals surface area contributed by atoms with Gasteiger partial charge in [0, 0.05) is 199 Å². The van der Waals surface area contributed by atoms with E-state index in [9.17, 15) is 24.1 Å². The predicted octanol–water partition coefficient (Wildman–Crippen LogP) is 21.4. The van der Waals surface area contributed by atoms with Crippen molar-refractivity contribution in [1.82, 2.24) is 80.4 Å². The van der Waals surface area contributed by atoms with Crippen LogP contribution in [-0.4, -0.2) is 170 Å². The molecule has 1 aliphatic carbocycles. The summed E-state index contributed by atoms with van der Waals surface area (Å²) in [6, 6.07) is 89.6. The van der Waals surface area contributed by atoms with E-state index in [1.54, 1.807) is 36.5 Å². The highest BCUT2D eigenvalue weighted by molar-refractivity contribution is 5.83. The Morgan fingerprint density at radius 3 is 1.35 bits per heavy atom. The van der Waals surface area contributed by atoms with Crippen molar-refractivity contribution in [2.24, 2.45) is 5.92 Å². The molecule has 3 saturated heterocycles. The van der Waals surface area contributed by atoms with E-state index in [4.69, 9.17) is 19.9 Å². The molecule has 4 fully saturated rings. The number of aromatic hydroxyl groups is 3. The van der Waals surface area contributed by atoms with E-state index in [2.05, 4.69) is 238 Å². The quantitative estimate of drug-likeness (QED) is 0.0194. The lowest BCUT2D eigenvalue weighted by atomic mass is 10.0. The number of aromatic nitrogens is 9. The number of phenolic OH excluding ortho intramolecular Hbond substituents is 3. The average molecular weight is 1860 g/mol. The molecular formula is C118H134F2N16O3. The molecule has 5 aromatic heterocycles. The van der Waals surface area contributed by atoms with Gasteiger partial charge in [-0.15, -0.1) is 0 Å². The molecule has 10 aromatic carbocycles. The van der Waals surface area contributed by atoms with E-state index in [-0.39, 0.29) is 0 Å². The van der Waals surface area contributed by atoms with E-state index < -0.39 is 11.6 Å². The molecule has 3 aliphatic heterocycles. The standard InChI is InChI=1S/C33H35N5O.C31H34N4O.C29H37N3O.C25H28F2N4/c39-29-13-11-24(12-14-29)5-4-10-33-35-16-15-31(37-33)26-7-3-6-25(19-26)22-38-18-17-34-28(23-38)20-27-21-36-32-9-2-1-8-30(27)32;36-29-14-12-24(13-15-29)8-5-11-31-33-17-16-30(34-31)27-10-4-9-26(20-27)22-35-19-18-32-28(23-35)21-25-6-2-1-3-7-25;1-2-32(19-17-23-8-3-4-9-23)22-25-12-5-13-26(20-25)28-16-18-30-29(31-28)15-7-11-24-10-6-14-27(33)21-24;1-18-16-28-10-11-31(18)17-20-5-2-6-21(12-20)24-8-9-29-25(30-24)7-3-4-19-13-22(26)15-23(27)14-19/h1-3,6-9,11-16,19,21,28,34,36,39H,4-5,10,17-18,20,22-23H2;1-4,6-7,9-10,12-17,20,28,32,36H,5,8,11,18-19,21-23H2;5-6,10,12-14,16,18,20-21,23,33H,2-4,7-9,11,15,17,19,22H2,1H3;2,5-6,8-9,12-15,18,28H,3-4,7,10-11,16-17H2,1H3/t2*28-;;18-/m01.1/s1. The fraction of sp³-hybridized carbons (Fsp3) is 0.339. The Morgan fingerprint density at radius 1 is 0.396 bits per heavy atom. The molecule has 0 bridgehead atoms. The van der Waals surface area contributed by atoms with Crippen molar-refractivity contribution in [3.8, 4) is 62.3 Å². The highest BCUT2D eigenvalue weighted by Gasteiger charge is 2.25. The Hall–Kier alpha value is -13.0. The van der Waals surface area contributed by atoms with Crippen LogP contribution in [-0.2, 0) is 90.4 Å². The number of H-pyrrole nitrogens is 1. The number of hydrogen-bond donors (Lipinski definition) is 7. The van der Waals surface area contributed by atoms with Crippen LogP contribution in [0.2, 0.25) is 0 Å². The monoisotopic (exact) mass is 1860 g/mol. The van der Waals surface area contributed by atoms with Gasteiger partial charge in [-0.25, -0.2) is 48.7 Å².